The minimum atomic E-state index is -2.31. The van der Waals surface area contributed by atoms with Gasteiger partial charge in [0.15, 0.2) is 5.60 Å². The Balaban J connectivity index is 2.10. The van der Waals surface area contributed by atoms with Crippen molar-refractivity contribution in [3.05, 3.63) is 60.7 Å². The van der Waals surface area contributed by atoms with E-state index in [0.29, 0.717) is 6.42 Å². The fraction of sp³-hybridized carbons (Fsp3) is 0.480. The van der Waals surface area contributed by atoms with Crippen LogP contribution in [0.25, 0.3) is 0 Å². The standard InChI is InChI=1S/C25H34O4Si/c1-17-21(24(3,4)5)16-25(23(27)28,18(2)22(17)26)29-30(19-12-8-6-9-13-19)20-14-10-7-11-15-20/h6-15,17-18,21-22,26,30H,16H2,1-5H3,(H,27,28)/t17-,18?,21-,22-,25-/m1/s1. The van der Waals surface area contributed by atoms with E-state index in [2.05, 4.69) is 20.8 Å². The van der Waals surface area contributed by atoms with Crippen LogP contribution < -0.4 is 10.4 Å². The molecule has 0 radical (unpaired) electrons. The first-order chi connectivity index (χ1) is 14.1. The van der Waals surface area contributed by atoms with E-state index in [4.69, 9.17) is 4.43 Å². The van der Waals surface area contributed by atoms with Gasteiger partial charge in [-0.2, -0.15) is 0 Å². The molecule has 2 aromatic carbocycles. The highest BCUT2D eigenvalue weighted by atomic mass is 28.3. The zero-order chi connectivity index (χ0) is 22.1. The first kappa shape index (κ1) is 22.7. The number of aliphatic hydroxyl groups excluding tert-OH is 1. The molecular weight excluding hydrogens is 392 g/mol. The third-order valence-electron chi connectivity index (χ3n) is 6.95. The number of aliphatic hydroxyl groups is 1. The molecule has 1 fully saturated rings. The zero-order valence-electron chi connectivity index (χ0n) is 18.6. The molecule has 1 unspecified atom stereocenters. The van der Waals surface area contributed by atoms with E-state index in [0.717, 1.165) is 10.4 Å². The molecule has 162 valence electrons. The Morgan fingerprint density at radius 2 is 1.47 bits per heavy atom. The Hall–Kier alpha value is -1.95. The predicted octanol–water partition coefficient (Wildman–Crippen LogP) is 3.06. The smallest absolute Gasteiger partial charge is 0.335 e. The first-order valence-corrected chi connectivity index (χ1v) is 12.4. The number of hydrogen-bond acceptors (Lipinski definition) is 3. The lowest BCUT2D eigenvalue weighted by Crippen LogP contribution is -2.64. The maximum Gasteiger partial charge on any atom is 0.335 e. The molecule has 2 N–H and O–H groups in total. The van der Waals surface area contributed by atoms with Gasteiger partial charge in [0.1, 0.15) is 0 Å². The molecule has 4 nitrogen and oxygen atoms in total. The van der Waals surface area contributed by atoms with Crippen LogP contribution in [0.5, 0.6) is 0 Å². The van der Waals surface area contributed by atoms with Crippen LogP contribution in [0.2, 0.25) is 0 Å². The first-order valence-electron chi connectivity index (χ1n) is 10.8. The topological polar surface area (TPSA) is 66.8 Å². The molecule has 2 aromatic rings. The summed E-state index contributed by atoms with van der Waals surface area (Å²) in [6.45, 7) is 10.2. The van der Waals surface area contributed by atoms with Crippen LogP contribution in [0.4, 0.5) is 0 Å². The Morgan fingerprint density at radius 1 is 1.00 bits per heavy atom. The minimum Gasteiger partial charge on any atom is -0.479 e. The van der Waals surface area contributed by atoms with E-state index in [1.54, 1.807) is 0 Å². The molecule has 30 heavy (non-hydrogen) atoms. The molecule has 1 aliphatic carbocycles. The normalized spacial score (nSPS) is 29.7. The molecule has 5 heteroatoms. The van der Waals surface area contributed by atoms with Crippen molar-refractivity contribution in [2.24, 2.45) is 23.2 Å². The molecule has 0 saturated heterocycles. The second-order valence-electron chi connectivity index (χ2n) is 9.83. The second kappa shape index (κ2) is 8.65. The molecule has 0 spiro atoms. The molecule has 1 aliphatic rings. The third-order valence-corrected chi connectivity index (χ3v) is 9.59. The van der Waals surface area contributed by atoms with E-state index >= 15 is 0 Å². The molecule has 3 rings (SSSR count). The summed E-state index contributed by atoms with van der Waals surface area (Å²) in [5.41, 5.74) is -1.56. The van der Waals surface area contributed by atoms with E-state index < -0.39 is 32.6 Å². The molecule has 0 bridgehead atoms. The van der Waals surface area contributed by atoms with Crippen molar-refractivity contribution in [1.82, 2.24) is 0 Å². The van der Waals surface area contributed by atoms with Crippen LogP contribution in [-0.4, -0.2) is 36.9 Å². The lowest BCUT2D eigenvalue weighted by Gasteiger charge is -2.53. The van der Waals surface area contributed by atoms with Gasteiger partial charge in [0.25, 0.3) is 0 Å². The van der Waals surface area contributed by atoms with Crippen molar-refractivity contribution in [2.75, 3.05) is 0 Å². The molecule has 5 atom stereocenters. The average molecular weight is 427 g/mol. The second-order valence-corrected chi connectivity index (χ2v) is 12.2. The van der Waals surface area contributed by atoms with Crippen molar-refractivity contribution >= 4 is 25.4 Å². The van der Waals surface area contributed by atoms with Crippen LogP contribution >= 0.6 is 0 Å². The predicted molar refractivity (Wildman–Crippen MR) is 123 cm³/mol. The van der Waals surface area contributed by atoms with Gasteiger partial charge < -0.3 is 14.6 Å². The Morgan fingerprint density at radius 3 is 1.87 bits per heavy atom. The van der Waals surface area contributed by atoms with Crippen LogP contribution in [0, 0.1) is 23.2 Å². The SMILES string of the molecule is CC1[C@H](O)[C@H](C)[C@H](C(C)(C)C)C[C@]1(O[SiH](c1ccccc1)c1ccccc1)C(=O)O. The Labute approximate surface area is 181 Å². The number of rotatable bonds is 5. The maximum atomic E-state index is 12.8. The highest BCUT2D eigenvalue weighted by Crippen LogP contribution is 2.49. The fourth-order valence-electron chi connectivity index (χ4n) is 5.04. The number of benzene rings is 2. The lowest BCUT2D eigenvalue weighted by atomic mass is 9.58. The van der Waals surface area contributed by atoms with Crippen LogP contribution in [0.1, 0.15) is 41.0 Å². The van der Waals surface area contributed by atoms with E-state index in [-0.39, 0.29) is 17.3 Å². The van der Waals surface area contributed by atoms with E-state index in [1.807, 2.05) is 74.5 Å². The largest absolute Gasteiger partial charge is 0.479 e. The number of carboxylic acid groups (broad SMARTS) is 1. The van der Waals surface area contributed by atoms with Gasteiger partial charge in [-0.3, -0.25) is 0 Å². The molecule has 0 aromatic heterocycles. The van der Waals surface area contributed by atoms with Gasteiger partial charge in [0.05, 0.1) is 6.10 Å². The van der Waals surface area contributed by atoms with Crippen molar-refractivity contribution in [2.45, 2.75) is 52.7 Å². The van der Waals surface area contributed by atoms with E-state index in [9.17, 15) is 15.0 Å². The number of carbonyl (C=O) groups is 1. The highest BCUT2D eigenvalue weighted by molar-refractivity contribution is 6.80. The summed E-state index contributed by atoms with van der Waals surface area (Å²) in [6, 6.07) is 19.9. The van der Waals surface area contributed by atoms with Gasteiger partial charge in [-0.05, 0) is 34.0 Å². The molecule has 0 aliphatic heterocycles. The summed E-state index contributed by atoms with van der Waals surface area (Å²) < 4.78 is 6.75. The zero-order valence-corrected chi connectivity index (χ0v) is 19.7. The van der Waals surface area contributed by atoms with Crippen molar-refractivity contribution in [3.63, 3.8) is 0 Å². The van der Waals surface area contributed by atoms with Crippen LogP contribution in [0.15, 0.2) is 60.7 Å². The third kappa shape index (κ3) is 4.24. The van der Waals surface area contributed by atoms with Crippen LogP contribution in [0.3, 0.4) is 0 Å². The quantitative estimate of drug-likeness (QED) is 0.721. The minimum absolute atomic E-state index is 0.00430. The highest BCUT2D eigenvalue weighted by Gasteiger charge is 2.58. The molecular formula is C25H34O4Si. The van der Waals surface area contributed by atoms with Crippen molar-refractivity contribution < 1.29 is 19.4 Å². The Kier molecular flexibility index (Phi) is 6.56. The number of carboxylic acids is 1. The average Bonchev–Trinajstić information content (AvgIpc) is 2.72. The van der Waals surface area contributed by atoms with Gasteiger partial charge in [0.2, 0.25) is 9.04 Å². The lowest BCUT2D eigenvalue weighted by molar-refractivity contribution is -0.186. The number of aliphatic carboxylic acids is 1. The number of hydrogen-bond donors (Lipinski definition) is 2. The monoisotopic (exact) mass is 426 g/mol. The van der Waals surface area contributed by atoms with Crippen molar-refractivity contribution in [1.29, 1.82) is 0 Å². The van der Waals surface area contributed by atoms with E-state index in [1.165, 1.54) is 0 Å². The summed E-state index contributed by atoms with van der Waals surface area (Å²) in [5.74, 6) is -1.45. The summed E-state index contributed by atoms with van der Waals surface area (Å²) >= 11 is 0. The van der Waals surface area contributed by atoms with Gasteiger partial charge in [-0.15, -0.1) is 0 Å². The summed E-state index contributed by atoms with van der Waals surface area (Å²) in [7, 11) is -2.31. The molecule has 1 saturated carbocycles. The van der Waals surface area contributed by atoms with Gasteiger partial charge in [0, 0.05) is 5.92 Å². The van der Waals surface area contributed by atoms with Gasteiger partial charge >= 0.3 is 5.97 Å². The molecule has 0 amide bonds. The summed E-state index contributed by atoms with van der Waals surface area (Å²) in [6.07, 6.45) is -0.339. The Bertz CT molecular complexity index is 809. The van der Waals surface area contributed by atoms with Crippen LogP contribution in [-0.2, 0) is 9.22 Å². The summed E-state index contributed by atoms with van der Waals surface area (Å²) in [5, 5.41) is 23.6. The fourth-order valence-corrected chi connectivity index (χ4v) is 7.68. The van der Waals surface area contributed by atoms with Crippen molar-refractivity contribution in [3.8, 4) is 0 Å². The molecule has 0 heterocycles. The summed E-state index contributed by atoms with van der Waals surface area (Å²) in [4.78, 5) is 12.8. The van der Waals surface area contributed by atoms with Gasteiger partial charge in [-0.1, -0.05) is 95.3 Å². The van der Waals surface area contributed by atoms with Gasteiger partial charge in [-0.25, -0.2) is 4.79 Å². The maximum absolute atomic E-state index is 12.8.